The first kappa shape index (κ1) is 14.7. The molecule has 19 heavy (non-hydrogen) atoms. The minimum atomic E-state index is 0. The van der Waals surface area contributed by atoms with Crippen LogP contribution in [-0.2, 0) is 0 Å². The molecule has 0 amide bonds. The maximum absolute atomic E-state index is 4.89. The number of rotatable bonds is 2. The average molecular weight is 339 g/mol. The number of piperidine rings is 1. The zero-order chi connectivity index (χ0) is 12.4. The van der Waals surface area contributed by atoms with Crippen molar-refractivity contribution in [1.82, 2.24) is 10.3 Å². The van der Waals surface area contributed by atoms with Gasteiger partial charge in [0.15, 0.2) is 0 Å². The lowest BCUT2D eigenvalue weighted by Crippen LogP contribution is -2.26. The van der Waals surface area contributed by atoms with Crippen molar-refractivity contribution in [1.29, 1.82) is 0 Å². The van der Waals surface area contributed by atoms with Gasteiger partial charge in [-0.3, -0.25) is 0 Å². The smallest absolute Gasteiger partial charge is 0.0967 e. The van der Waals surface area contributed by atoms with E-state index in [9.17, 15) is 0 Å². The summed E-state index contributed by atoms with van der Waals surface area (Å²) in [6.07, 6.45) is 2.45. The molecule has 4 heteroatoms. The van der Waals surface area contributed by atoms with Crippen LogP contribution in [0.3, 0.4) is 0 Å². The molecule has 1 aliphatic rings. The lowest BCUT2D eigenvalue weighted by Gasteiger charge is -2.20. The van der Waals surface area contributed by atoms with E-state index < -0.39 is 0 Å². The second-order valence-electron chi connectivity index (χ2n) is 4.85. The Morgan fingerprint density at radius 2 is 1.84 bits per heavy atom. The molecule has 0 radical (unpaired) electrons. The monoisotopic (exact) mass is 338 g/mol. The molecular weight excluding hydrogens is 320 g/mol. The van der Waals surface area contributed by atoms with Crippen LogP contribution >= 0.6 is 28.3 Å². The number of thiazole rings is 1. The predicted octanol–water partition coefficient (Wildman–Crippen LogP) is 4.16. The van der Waals surface area contributed by atoms with E-state index in [0.717, 1.165) is 13.1 Å². The molecule has 1 aromatic heterocycles. The van der Waals surface area contributed by atoms with Crippen molar-refractivity contribution in [2.45, 2.75) is 25.7 Å². The van der Waals surface area contributed by atoms with Crippen molar-refractivity contribution in [3.8, 4) is 11.3 Å². The van der Waals surface area contributed by atoms with Gasteiger partial charge in [-0.15, -0.1) is 28.3 Å². The highest BCUT2D eigenvalue weighted by Crippen LogP contribution is 2.34. The molecule has 102 valence electrons. The highest BCUT2D eigenvalue weighted by atomic mass is 79.9. The van der Waals surface area contributed by atoms with E-state index in [2.05, 4.69) is 42.6 Å². The van der Waals surface area contributed by atoms with E-state index in [1.165, 1.54) is 34.0 Å². The summed E-state index contributed by atoms with van der Waals surface area (Å²) in [6.45, 7) is 4.44. The van der Waals surface area contributed by atoms with Crippen molar-refractivity contribution < 1.29 is 0 Å². The van der Waals surface area contributed by atoms with Crippen LogP contribution in [0.15, 0.2) is 30.3 Å². The standard InChI is InChI=1S/C15H18N2S.BrH/c1-11-14(12-5-3-2-4-6-12)17-15(18-11)13-7-9-16-10-8-13;/h2-6,13,16H,7-10H2,1H3;1H. The van der Waals surface area contributed by atoms with Crippen LogP contribution in [0.25, 0.3) is 11.3 Å². The summed E-state index contributed by atoms with van der Waals surface area (Å²) in [7, 11) is 0. The zero-order valence-corrected chi connectivity index (χ0v) is 13.6. The molecule has 0 bridgehead atoms. The van der Waals surface area contributed by atoms with Crippen molar-refractivity contribution >= 4 is 28.3 Å². The van der Waals surface area contributed by atoms with Crippen LogP contribution < -0.4 is 5.32 Å². The van der Waals surface area contributed by atoms with Crippen molar-refractivity contribution in [2.75, 3.05) is 13.1 Å². The van der Waals surface area contributed by atoms with Gasteiger partial charge in [-0.2, -0.15) is 0 Å². The largest absolute Gasteiger partial charge is 0.317 e. The topological polar surface area (TPSA) is 24.9 Å². The van der Waals surface area contributed by atoms with E-state index in [0.29, 0.717) is 5.92 Å². The molecule has 0 atom stereocenters. The number of aromatic nitrogens is 1. The second kappa shape index (κ2) is 6.64. The van der Waals surface area contributed by atoms with Crippen LogP contribution in [0.5, 0.6) is 0 Å². The Balaban J connectivity index is 0.00000133. The minimum Gasteiger partial charge on any atom is -0.317 e. The van der Waals surface area contributed by atoms with Gasteiger partial charge in [-0.25, -0.2) is 4.98 Å². The van der Waals surface area contributed by atoms with E-state index in [-0.39, 0.29) is 17.0 Å². The molecule has 1 saturated heterocycles. The number of nitrogens with one attached hydrogen (secondary N) is 1. The molecule has 1 fully saturated rings. The summed E-state index contributed by atoms with van der Waals surface area (Å²) < 4.78 is 0. The average Bonchev–Trinajstić information content (AvgIpc) is 2.83. The summed E-state index contributed by atoms with van der Waals surface area (Å²) >= 11 is 1.88. The van der Waals surface area contributed by atoms with Crippen molar-refractivity contribution in [3.63, 3.8) is 0 Å². The van der Waals surface area contributed by atoms with Gasteiger partial charge >= 0.3 is 0 Å². The Bertz CT molecular complexity index is 518. The van der Waals surface area contributed by atoms with Gasteiger partial charge in [-0.1, -0.05) is 30.3 Å². The molecule has 2 heterocycles. The number of hydrogen-bond acceptors (Lipinski definition) is 3. The Labute approximate surface area is 129 Å². The Morgan fingerprint density at radius 1 is 1.16 bits per heavy atom. The first-order valence-electron chi connectivity index (χ1n) is 6.58. The molecule has 0 spiro atoms. The molecule has 2 aromatic rings. The highest BCUT2D eigenvalue weighted by Gasteiger charge is 2.20. The van der Waals surface area contributed by atoms with E-state index in [1.54, 1.807) is 0 Å². The fourth-order valence-corrected chi connectivity index (χ4v) is 3.64. The van der Waals surface area contributed by atoms with Crippen molar-refractivity contribution in [3.05, 3.63) is 40.2 Å². The fourth-order valence-electron chi connectivity index (χ4n) is 2.52. The third kappa shape index (κ3) is 3.25. The summed E-state index contributed by atoms with van der Waals surface area (Å²) in [5, 5.41) is 4.74. The Kier molecular flexibility index (Phi) is 5.13. The second-order valence-corrected chi connectivity index (χ2v) is 6.08. The predicted molar refractivity (Wildman–Crippen MR) is 87.5 cm³/mol. The van der Waals surface area contributed by atoms with Gasteiger partial charge in [0.05, 0.1) is 10.7 Å². The number of aryl methyl sites for hydroxylation is 1. The van der Waals surface area contributed by atoms with Gasteiger partial charge in [0.1, 0.15) is 0 Å². The Hall–Kier alpha value is -0.710. The van der Waals surface area contributed by atoms with Crippen LogP contribution in [0.2, 0.25) is 0 Å². The molecule has 1 aliphatic heterocycles. The highest BCUT2D eigenvalue weighted by molar-refractivity contribution is 8.93. The fraction of sp³-hybridized carbons (Fsp3) is 0.400. The first-order valence-corrected chi connectivity index (χ1v) is 7.39. The zero-order valence-electron chi connectivity index (χ0n) is 11.1. The number of halogens is 1. The molecule has 1 aromatic carbocycles. The van der Waals surface area contributed by atoms with Crippen molar-refractivity contribution in [2.24, 2.45) is 0 Å². The lowest BCUT2D eigenvalue weighted by atomic mass is 9.99. The summed E-state index contributed by atoms with van der Waals surface area (Å²) in [6, 6.07) is 10.5. The third-order valence-electron chi connectivity index (χ3n) is 3.55. The third-order valence-corrected chi connectivity index (χ3v) is 4.68. The number of hydrogen-bond donors (Lipinski definition) is 1. The Morgan fingerprint density at radius 3 is 2.53 bits per heavy atom. The van der Waals surface area contributed by atoms with Gasteiger partial charge < -0.3 is 5.32 Å². The molecule has 0 aliphatic carbocycles. The summed E-state index contributed by atoms with van der Waals surface area (Å²) in [4.78, 5) is 6.24. The number of nitrogens with zero attached hydrogens (tertiary/aromatic N) is 1. The van der Waals surface area contributed by atoms with Crippen LogP contribution in [0, 0.1) is 6.92 Å². The van der Waals surface area contributed by atoms with Gasteiger partial charge in [0.2, 0.25) is 0 Å². The normalized spacial score (nSPS) is 16.1. The molecule has 0 unspecified atom stereocenters. The molecular formula is C15H19BrN2S. The first-order chi connectivity index (χ1) is 8.84. The van der Waals surface area contributed by atoms with Gasteiger partial charge in [0.25, 0.3) is 0 Å². The summed E-state index contributed by atoms with van der Waals surface area (Å²) in [5.74, 6) is 0.660. The van der Waals surface area contributed by atoms with Gasteiger partial charge in [0, 0.05) is 16.4 Å². The van der Waals surface area contributed by atoms with E-state index >= 15 is 0 Å². The number of benzene rings is 1. The molecule has 2 nitrogen and oxygen atoms in total. The molecule has 1 N–H and O–H groups in total. The van der Waals surface area contributed by atoms with E-state index in [4.69, 9.17) is 4.98 Å². The maximum atomic E-state index is 4.89. The maximum Gasteiger partial charge on any atom is 0.0967 e. The minimum absolute atomic E-state index is 0. The quantitative estimate of drug-likeness (QED) is 0.889. The summed E-state index contributed by atoms with van der Waals surface area (Å²) in [5.41, 5.74) is 2.42. The van der Waals surface area contributed by atoms with Crippen LogP contribution in [0.1, 0.15) is 28.6 Å². The molecule has 3 rings (SSSR count). The lowest BCUT2D eigenvalue weighted by molar-refractivity contribution is 0.459. The van der Waals surface area contributed by atoms with Gasteiger partial charge in [-0.05, 0) is 32.9 Å². The van der Waals surface area contributed by atoms with Crippen LogP contribution in [-0.4, -0.2) is 18.1 Å². The van der Waals surface area contributed by atoms with Crippen LogP contribution in [0.4, 0.5) is 0 Å². The SMILES string of the molecule is Br.Cc1sc(C2CCNCC2)nc1-c1ccccc1. The van der Waals surface area contributed by atoms with E-state index in [1.807, 2.05) is 11.3 Å². The molecule has 0 saturated carbocycles.